The third-order valence-corrected chi connectivity index (χ3v) is 4.09. The number of carbonyl (C=O) groups excluding carboxylic acids is 1. The van der Waals surface area contributed by atoms with Crippen molar-refractivity contribution < 1.29 is 18.7 Å². The molecule has 2 N–H and O–H groups in total. The highest BCUT2D eigenvalue weighted by atomic mass is 19.1. The minimum absolute atomic E-state index is 0.262. The topological polar surface area (TPSA) is 72.5 Å². The second-order valence-corrected chi connectivity index (χ2v) is 5.90. The standard InChI is InChI=1S/C21H20FN3O3/c1-27-18-9-7-14(11-19(18)28-2)21(26)25-20-10-8-16(13-24-20)23-12-15-5-3-4-6-17(15)22/h3-11,13,23H,12H2,1-2H3,(H,24,25,26). The first-order valence-corrected chi connectivity index (χ1v) is 8.57. The summed E-state index contributed by atoms with van der Waals surface area (Å²) in [5, 5.41) is 5.82. The molecule has 6 nitrogen and oxygen atoms in total. The van der Waals surface area contributed by atoms with E-state index in [9.17, 15) is 9.18 Å². The highest BCUT2D eigenvalue weighted by molar-refractivity contribution is 6.04. The Morgan fingerprint density at radius 3 is 2.50 bits per heavy atom. The van der Waals surface area contributed by atoms with E-state index in [1.165, 1.54) is 20.3 Å². The Kier molecular flexibility index (Phi) is 6.06. The van der Waals surface area contributed by atoms with E-state index < -0.39 is 0 Å². The molecule has 0 bridgehead atoms. The van der Waals surface area contributed by atoms with Crippen LogP contribution >= 0.6 is 0 Å². The van der Waals surface area contributed by atoms with Gasteiger partial charge in [-0.25, -0.2) is 9.37 Å². The van der Waals surface area contributed by atoms with Crippen molar-refractivity contribution in [3.63, 3.8) is 0 Å². The number of amides is 1. The van der Waals surface area contributed by atoms with Crippen molar-refractivity contribution in [3.05, 3.63) is 77.7 Å². The number of hydrogen-bond donors (Lipinski definition) is 2. The van der Waals surface area contributed by atoms with Crippen LogP contribution in [0.4, 0.5) is 15.9 Å². The van der Waals surface area contributed by atoms with Gasteiger partial charge in [0.1, 0.15) is 11.6 Å². The van der Waals surface area contributed by atoms with Crippen LogP contribution in [-0.4, -0.2) is 25.1 Å². The lowest BCUT2D eigenvalue weighted by molar-refractivity contribution is 0.102. The molecule has 1 heterocycles. The van der Waals surface area contributed by atoms with Gasteiger partial charge < -0.3 is 20.1 Å². The first-order chi connectivity index (χ1) is 13.6. The number of benzene rings is 2. The first-order valence-electron chi connectivity index (χ1n) is 8.57. The van der Waals surface area contributed by atoms with Crippen molar-refractivity contribution in [1.82, 2.24) is 4.98 Å². The van der Waals surface area contributed by atoms with Gasteiger partial charge in [-0.1, -0.05) is 18.2 Å². The van der Waals surface area contributed by atoms with Crippen molar-refractivity contribution in [2.45, 2.75) is 6.54 Å². The number of ether oxygens (including phenoxy) is 2. The zero-order chi connectivity index (χ0) is 19.9. The van der Waals surface area contributed by atoms with E-state index in [2.05, 4.69) is 15.6 Å². The van der Waals surface area contributed by atoms with E-state index in [-0.39, 0.29) is 11.7 Å². The van der Waals surface area contributed by atoms with Gasteiger partial charge >= 0.3 is 0 Å². The summed E-state index contributed by atoms with van der Waals surface area (Å²) in [7, 11) is 3.04. The van der Waals surface area contributed by atoms with Crippen LogP contribution in [0.1, 0.15) is 15.9 Å². The van der Waals surface area contributed by atoms with Gasteiger partial charge in [0.2, 0.25) is 0 Å². The summed E-state index contributed by atoms with van der Waals surface area (Å²) < 4.78 is 24.0. The molecule has 0 unspecified atom stereocenters. The van der Waals surface area contributed by atoms with Crippen LogP contribution in [-0.2, 0) is 6.54 Å². The maximum Gasteiger partial charge on any atom is 0.256 e. The largest absolute Gasteiger partial charge is 0.493 e. The quantitative estimate of drug-likeness (QED) is 0.645. The summed E-state index contributed by atoms with van der Waals surface area (Å²) in [6.07, 6.45) is 1.57. The van der Waals surface area contributed by atoms with Gasteiger partial charge in [-0.15, -0.1) is 0 Å². The highest BCUT2D eigenvalue weighted by Gasteiger charge is 2.11. The molecule has 0 fully saturated rings. The summed E-state index contributed by atoms with van der Waals surface area (Å²) >= 11 is 0. The number of halogens is 1. The molecule has 0 atom stereocenters. The van der Waals surface area contributed by atoms with E-state index in [4.69, 9.17) is 9.47 Å². The van der Waals surface area contributed by atoms with Crippen LogP contribution < -0.4 is 20.1 Å². The predicted molar refractivity (Wildman–Crippen MR) is 105 cm³/mol. The number of nitrogens with one attached hydrogen (secondary N) is 2. The van der Waals surface area contributed by atoms with Crippen LogP contribution in [0.25, 0.3) is 0 Å². The lowest BCUT2D eigenvalue weighted by atomic mass is 10.2. The third-order valence-electron chi connectivity index (χ3n) is 4.09. The maximum atomic E-state index is 13.6. The lowest BCUT2D eigenvalue weighted by Gasteiger charge is -2.10. The van der Waals surface area contributed by atoms with E-state index in [1.54, 1.807) is 54.7 Å². The van der Waals surface area contributed by atoms with Crippen LogP contribution in [0.2, 0.25) is 0 Å². The second-order valence-electron chi connectivity index (χ2n) is 5.90. The number of nitrogens with zero attached hydrogens (tertiary/aromatic N) is 1. The average molecular weight is 381 g/mol. The Balaban J connectivity index is 1.62. The number of anilines is 2. The van der Waals surface area contributed by atoms with Crippen LogP contribution in [0, 0.1) is 5.82 Å². The summed E-state index contributed by atoms with van der Waals surface area (Å²) in [5.41, 5.74) is 1.70. The van der Waals surface area contributed by atoms with Crippen molar-refractivity contribution >= 4 is 17.4 Å². The first kappa shape index (κ1) is 19.2. The predicted octanol–water partition coefficient (Wildman–Crippen LogP) is 4.10. The molecule has 0 aliphatic heterocycles. The fourth-order valence-electron chi connectivity index (χ4n) is 2.58. The Morgan fingerprint density at radius 1 is 1.04 bits per heavy atom. The Labute approximate surface area is 162 Å². The monoisotopic (exact) mass is 381 g/mol. The maximum absolute atomic E-state index is 13.6. The van der Waals surface area contributed by atoms with Crippen molar-refractivity contribution in [2.24, 2.45) is 0 Å². The van der Waals surface area contributed by atoms with Crippen molar-refractivity contribution in [3.8, 4) is 11.5 Å². The molecular formula is C21H20FN3O3. The molecule has 2 aromatic carbocycles. The normalized spacial score (nSPS) is 10.2. The number of rotatable bonds is 7. The molecule has 7 heteroatoms. The van der Waals surface area contributed by atoms with Crippen molar-refractivity contribution in [2.75, 3.05) is 24.9 Å². The minimum atomic E-state index is -0.319. The lowest BCUT2D eigenvalue weighted by Crippen LogP contribution is -2.13. The van der Waals surface area contributed by atoms with E-state index in [0.29, 0.717) is 40.7 Å². The number of pyridine rings is 1. The van der Waals surface area contributed by atoms with Crippen LogP contribution in [0.15, 0.2) is 60.8 Å². The highest BCUT2D eigenvalue weighted by Crippen LogP contribution is 2.27. The van der Waals surface area contributed by atoms with Gasteiger partial charge in [0.15, 0.2) is 11.5 Å². The summed E-state index contributed by atoms with van der Waals surface area (Å²) in [4.78, 5) is 16.6. The third kappa shape index (κ3) is 4.56. The van der Waals surface area contributed by atoms with Gasteiger partial charge in [-0.05, 0) is 36.4 Å². The molecule has 0 radical (unpaired) electrons. The molecule has 1 amide bonds. The van der Waals surface area contributed by atoms with E-state index >= 15 is 0 Å². The number of methoxy groups -OCH3 is 2. The Morgan fingerprint density at radius 2 is 1.82 bits per heavy atom. The molecular weight excluding hydrogens is 361 g/mol. The molecule has 0 saturated carbocycles. The van der Waals surface area contributed by atoms with Crippen LogP contribution in [0.5, 0.6) is 11.5 Å². The average Bonchev–Trinajstić information content (AvgIpc) is 2.73. The second kappa shape index (κ2) is 8.85. The SMILES string of the molecule is COc1ccc(C(=O)Nc2ccc(NCc3ccccc3F)cn2)cc1OC. The van der Waals surface area contributed by atoms with Gasteiger partial charge in [0.25, 0.3) is 5.91 Å². The fraction of sp³-hybridized carbons (Fsp3) is 0.143. The fourth-order valence-corrected chi connectivity index (χ4v) is 2.58. The Bertz CT molecular complexity index is 961. The zero-order valence-corrected chi connectivity index (χ0v) is 15.5. The number of carbonyl (C=O) groups is 1. The van der Waals surface area contributed by atoms with Crippen LogP contribution in [0.3, 0.4) is 0 Å². The number of aromatic nitrogens is 1. The van der Waals surface area contributed by atoms with E-state index in [1.807, 2.05) is 0 Å². The van der Waals surface area contributed by atoms with Gasteiger partial charge in [0, 0.05) is 17.7 Å². The molecule has 3 aromatic rings. The smallest absolute Gasteiger partial charge is 0.256 e. The Hall–Kier alpha value is -3.61. The molecule has 0 spiro atoms. The van der Waals surface area contributed by atoms with Crippen molar-refractivity contribution in [1.29, 1.82) is 0 Å². The summed E-state index contributed by atoms with van der Waals surface area (Å²) in [6, 6.07) is 14.9. The zero-order valence-electron chi connectivity index (χ0n) is 15.5. The number of hydrogen-bond acceptors (Lipinski definition) is 5. The van der Waals surface area contributed by atoms with Gasteiger partial charge in [-0.3, -0.25) is 4.79 Å². The molecule has 1 aromatic heterocycles. The molecule has 0 aliphatic carbocycles. The summed E-state index contributed by atoms with van der Waals surface area (Å²) in [6.45, 7) is 0.339. The molecule has 3 rings (SSSR count). The van der Waals surface area contributed by atoms with E-state index in [0.717, 1.165) is 0 Å². The molecule has 0 saturated heterocycles. The summed E-state index contributed by atoms with van der Waals surface area (Å²) in [5.74, 6) is 0.830. The minimum Gasteiger partial charge on any atom is -0.493 e. The molecule has 144 valence electrons. The van der Waals surface area contributed by atoms with Gasteiger partial charge in [-0.2, -0.15) is 0 Å². The van der Waals surface area contributed by atoms with Gasteiger partial charge in [0.05, 0.1) is 26.1 Å². The molecule has 28 heavy (non-hydrogen) atoms. The molecule has 0 aliphatic rings.